The van der Waals surface area contributed by atoms with Crippen LogP contribution in [0.25, 0.3) is 0 Å². The molecule has 0 atom stereocenters. The summed E-state index contributed by atoms with van der Waals surface area (Å²) in [5, 5.41) is 9.17. The molecule has 128 valence electrons. The van der Waals surface area contributed by atoms with Crippen LogP contribution in [0.1, 0.15) is 65.2 Å². The van der Waals surface area contributed by atoms with Gasteiger partial charge in [-0.3, -0.25) is 4.79 Å². The van der Waals surface area contributed by atoms with Gasteiger partial charge >= 0.3 is 0 Å². The number of piperidine rings is 1. The van der Waals surface area contributed by atoms with E-state index in [1.54, 1.807) is 4.90 Å². The summed E-state index contributed by atoms with van der Waals surface area (Å²) >= 11 is 0. The summed E-state index contributed by atoms with van der Waals surface area (Å²) in [7, 11) is 0. The van der Waals surface area contributed by atoms with E-state index >= 15 is 0 Å². The maximum Gasteiger partial charge on any atom is 0.295 e. The lowest BCUT2D eigenvalue weighted by atomic mass is 9.91. The summed E-state index contributed by atoms with van der Waals surface area (Å²) in [6.07, 6.45) is 9.84. The Labute approximate surface area is 133 Å². The molecule has 1 amide bonds. The van der Waals surface area contributed by atoms with Crippen molar-refractivity contribution in [1.29, 1.82) is 0 Å². The molecule has 1 aliphatic heterocycles. The first-order valence-corrected chi connectivity index (χ1v) is 8.54. The van der Waals surface area contributed by atoms with Crippen LogP contribution in [0, 0.1) is 22.0 Å². The molecule has 0 aromatic carbocycles. The fourth-order valence-electron chi connectivity index (χ4n) is 3.01. The highest BCUT2D eigenvalue weighted by Crippen LogP contribution is 2.23. The second-order valence-corrected chi connectivity index (χ2v) is 6.71. The van der Waals surface area contributed by atoms with E-state index in [1.165, 1.54) is 38.5 Å². The molecule has 1 heterocycles. The SMILES string of the molecule is CC(C)CCCCCCC1CCN(C(=O)CO[N+](=O)[O-])CC1. The highest BCUT2D eigenvalue weighted by molar-refractivity contribution is 5.77. The minimum absolute atomic E-state index is 0.274. The van der Waals surface area contributed by atoms with Crippen LogP contribution >= 0.6 is 0 Å². The highest BCUT2D eigenvalue weighted by atomic mass is 16.9. The Morgan fingerprint density at radius 2 is 1.86 bits per heavy atom. The van der Waals surface area contributed by atoms with Gasteiger partial charge in [-0.1, -0.05) is 52.4 Å². The number of hydrogen-bond donors (Lipinski definition) is 0. The number of nitrogens with zero attached hydrogens (tertiary/aromatic N) is 2. The van der Waals surface area contributed by atoms with Crippen molar-refractivity contribution in [3.05, 3.63) is 10.1 Å². The number of carbonyl (C=O) groups is 1. The average Bonchev–Trinajstić information content (AvgIpc) is 2.48. The normalized spacial score (nSPS) is 16.0. The van der Waals surface area contributed by atoms with Crippen LogP contribution in [-0.2, 0) is 9.63 Å². The van der Waals surface area contributed by atoms with Gasteiger partial charge < -0.3 is 9.74 Å². The summed E-state index contributed by atoms with van der Waals surface area (Å²) in [5.41, 5.74) is 0. The van der Waals surface area contributed by atoms with Gasteiger partial charge in [0.1, 0.15) is 0 Å². The number of amides is 1. The van der Waals surface area contributed by atoms with Crippen LogP contribution in [0.3, 0.4) is 0 Å². The number of rotatable bonds is 10. The molecule has 22 heavy (non-hydrogen) atoms. The largest absolute Gasteiger partial charge is 0.341 e. The van der Waals surface area contributed by atoms with Crippen molar-refractivity contribution in [2.45, 2.75) is 65.2 Å². The van der Waals surface area contributed by atoms with E-state index in [0.29, 0.717) is 19.0 Å². The van der Waals surface area contributed by atoms with Crippen molar-refractivity contribution in [2.24, 2.45) is 11.8 Å². The maximum atomic E-state index is 11.7. The lowest BCUT2D eigenvalue weighted by Crippen LogP contribution is -2.40. The molecule has 0 N–H and O–H groups in total. The lowest BCUT2D eigenvalue weighted by molar-refractivity contribution is -0.754. The van der Waals surface area contributed by atoms with Crippen molar-refractivity contribution in [3.8, 4) is 0 Å². The smallest absolute Gasteiger partial charge is 0.295 e. The zero-order valence-electron chi connectivity index (χ0n) is 14.0. The zero-order chi connectivity index (χ0) is 16.4. The van der Waals surface area contributed by atoms with E-state index in [-0.39, 0.29) is 5.91 Å². The standard InChI is InChI=1S/C16H30N2O4/c1-14(2)7-5-3-4-6-8-15-9-11-17(12-10-15)16(19)13-22-18(20)21/h14-15H,3-13H2,1-2H3. The summed E-state index contributed by atoms with van der Waals surface area (Å²) in [6.45, 7) is 5.50. The Morgan fingerprint density at radius 1 is 1.23 bits per heavy atom. The first kappa shape index (κ1) is 18.7. The molecule has 0 aliphatic carbocycles. The third-order valence-corrected chi connectivity index (χ3v) is 4.40. The summed E-state index contributed by atoms with van der Waals surface area (Å²) in [6, 6.07) is 0. The van der Waals surface area contributed by atoms with Gasteiger partial charge in [0.15, 0.2) is 6.61 Å². The van der Waals surface area contributed by atoms with E-state index < -0.39 is 11.7 Å². The van der Waals surface area contributed by atoms with Crippen LogP contribution in [0.4, 0.5) is 0 Å². The van der Waals surface area contributed by atoms with Crippen LogP contribution < -0.4 is 0 Å². The van der Waals surface area contributed by atoms with Gasteiger partial charge in [-0.25, -0.2) is 0 Å². The molecule has 0 bridgehead atoms. The van der Waals surface area contributed by atoms with Crippen LogP contribution in [-0.4, -0.2) is 35.6 Å². The Bertz CT molecular complexity index is 339. The molecule has 1 rings (SSSR count). The molecule has 0 radical (unpaired) electrons. The fraction of sp³-hybridized carbons (Fsp3) is 0.938. The summed E-state index contributed by atoms with van der Waals surface area (Å²) in [5.74, 6) is 1.23. The quantitative estimate of drug-likeness (QED) is 0.352. The molecule has 0 aromatic heterocycles. The van der Waals surface area contributed by atoms with E-state index in [2.05, 4.69) is 18.7 Å². The third kappa shape index (κ3) is 8.20. The van der Waals surface area contributed by atoms with Crippen LogP contribution in [0.2, 0.25) is 0 Å². The summed E-state index contributed by atoms with van der Waals surface area (Å²) in [4.78, 5) is 27.6. The highest BCUT2D eigenvalue weighted by Gasteiger charge is 2.22. The molecule has 1 saturated heterocycles. The van der Waals surface area contributed by atoms with Gasteiger partial charge in [-0.2, -0.15) is 0 Å². The van der Waals surface area contributed by atoms with E-state index in [1.807, 2.05) is 0 Å². The van der Waals surface area contributed by atoms with Crippen molar-refractivity contribution in [1.82, 2.24) is 4.90 Å². The third-order valence-electron chi connectivity index (χ3n) is 4.40. The second-order valence-electron chi connectivity index (χ2n) is 6.71. The van der Waals surface area contributed by atoms with E-state index in [9.17, 15) is 14.9 Å². The monoisotopic (exact) mass is 314 g/mol. The molecule has 0 spiro atoms. The molecule has 6 heteroatoms. The number of carbonyl (C=O) groups excluding carboxylic acids is 1. The molecule has 6 nitrogen and oxygen atoms in total. The van der Waals surface area contributed by atoms with Crippen molar-refractivity contribution in [2.75, 3.05) is 19.7 Å². The molecule has 0 unspecified atom stereocenters. The first-order chi connectivity index (χ1) is 10.5. The molecular weight excluding hydrogens is 284 g/mol. The van der Waals surface area contributed by atoms with Gasteiger partial charge in [0, 0.05) is 13.1 Å². The first-order valence-electron chi connectivity index (χ1n) is 8.54. The fourth-order valence-corrected chi connectivity index (χ4v) is 3.01. The second kappa shape index (κ2) is 10.4. The molecule has 1 fully saturated rings. The Morgan fingerprint density at radius 3 is 2.45 bits per heavy atom. The number of likely N-dealkylation sites (tertiary alicyclic amines) is 1. The number of unbranched alkanes of at least 4 members (excludes halogenated alkanes) is 3. The molecular formula is C16H30N2O4. The van der Waals surface area contributed by atoms with E-state index in [4.69, 9.17) is 0 Å². The van der Waals surface area contributed by atoms with Crippen LogP contribution in [0.5, 0.6) is 0 Å². The predicted octanol–water partition coefficient (Wildman–Crippen LogP) is 3.43. The minimum atomic E-state index is -0.913. The molecule has 0 aromatic rings. The van der Waals surface area contributed by atoms with E-state index in [0.717, 1.165) is 18.8 Å². The maximum absolute atomic E-state index is 11.7. The van der Waals surface area contributed by atoms with Crippen molar-refractivity contribution >= 4 is 5.91 Å². The Balaban J connectivity index is 2.05. The van der Waals surface area contributed by atoms with Gasteiger partial charge in [0.2, 0.25) is 5.91 Å². The van der Waals surface area contributed by atoms with Gasteiger partial charge in [0.25, 0.3) is 5.09 Å². The lowest BCUT2D eigenvalue weighted by Gasteiger charge is -2.31. The predicted molar refractivity (Wildman–Crippen MR) is 84.8 cm³/mol. The van der Waals surface area contributed by atoms with Gasteiger partial charge in [-0.15, -0.1) is 10.1 Å². The number of hydrogen-bond acceptors (Lipinski definition) is 4. The van der Waals surface area contributed by atoms with Crippen LogP contribution in [0.15, 0.2) is 0 Å². The van der Waals surface area contributed by atoms with Gasteiger partial charge in [0.05, 0.1) is 0 Å². The average molecular weight is 314 g/mol. The molecule has 0 saturated carbocycles. The topological polar surface area (TPSA) is 72.7 Å². The minimum Gasteiger partial charge on any atom is -0.341 e. The van der Waals surface area contributed by atoms with Crippen molar-refractivity contribution < 1.29 is 14.7 Å². The molecule has 1 aliphatic rings. The zero-order valence-corrected chi connectivity index (χ0v) is 14.0. The Hall–Kier alpha value is -1.33. The van der Waals surface area contributed by atoms with Gasteiger partial charge in [-0.05, 0) is 24.7 Å². The summed E-state index contributed by atoms with van der Waals surface area (Å²) < 4.78 is 0. The van der Waals surface area contributed by atoms with Crippen molar-refractivity contribution in [3.63, 3.8) is 0 Å². The Kier molecular flexibility index (Phi) is 8.85.